The number of amides is 5. The number of hydrogen-bond acceptors (Lipinski definition) is 14. The van der Waals surface area contributed by atoms with Crippen molar-refractivity contribution in [2.75, 3.05) is 76.1 Å². The normalized spacial score (nSPS) is 18.8. The summed E-state index contributed by atoms with van der Waals surface area (Å²) in [6.07, 6.45) is 0.541. The fourth-order valence-electron chi connectivity index (χ4n) is 8.59. The van der Waals surface area contributed by atoms with E-state index in [0.717, 1.165) is 29.5 Å². The number of benzene rings is 3. The molecule has 1 unspecified atom stereocenters. The van der Waals surface area contributed by atoms with E-state index < -0.39 is 29.8 Å². The maximum atomic E-state index is 14.1. The Bertz CT molecular complexity index is 2520. The van der Waals surface area contributed by atoms with Crippen LogP contribution >= 0.6 is 35.0 Å². The summed E-state index contributed by atoms with van der Waals surface area (Å²) in [6, 6.07) is 15.6. The number of fused-ring (bicyclic) bond motifs is 1. The van der Waals surface area contributed by atoms with Crippen LogP contribution in [0.5, 0.6) is 5.75 Å². The molecule has 3 aromatic carbocycles. The summed E-state index contributed by atoms with van der Waals surface area (Å²) < 4.78 is 37.3. The zero-order valence-corrected chi connectivity index (χ0v) is 40.8. The lowest BCUT2D eigenvalue weighted by molar-refractivity contribution is -0.136. The molecule has 3 aliphatic rings. The standard InChI is InChI=1S/C48H55Cl2FN8O9S/c1-28-25-57(47(63)31-8-10-32(11-9-31)53-45(61)37-24-39(44(52)56-55-37)68-30(3)42-35(49)12-13-36(51)43(42)50)26-29(2)58(28)16-5-17-65-18-19-66-20-21-67-22-23-69-40-7-4-6-33-34(40)27-59(48(33)64)38-14-15-41(60)54-46(38)62/h4,6-13,24,28-30,38H,5,14-23,25-27H2,1-3H3,(H2,52,56)(H,53,61)(H,54,60,62)/t28-,29+,30-,38?/m1/s1. The van der Waals surface area contributed by atoms with Crippen LogP contribution in [-0.4, -0.2) is 138 Å². The highest BCUT2D eigenvalue weighted by molar-refractivity contribution is 7.99. The van der Waals surface area contributed by atoms with Gasteiger partial charge < -0.3 is 39.8 Å². The molecule has 0 bridgehead atoms. The van der Waals surface area contributed by atoms with Gasteiger partial charge in [-0.05, 0) is 87.7 Å². The molecular weight excluding hydrogens is 955 g/mol. The maximum absolute atomic E-state index is 14.1. The van der Waals surface area contributed by atoms with Gasteiger partial charge in [0.1, 0.15) is 18.0 Å². The molecule has 1 aromatic heterocycles. The van der Waals surface area contributed by atoms with Gasteiger partial charge in [-0.2, -0.15) is 0 Å². The van der Waals surface area contributed by atoms with Crippen LogP contribution in [0.15, 0.2) is 65.6 Å². The van der Waals surface area contributed by atoms with Gasteiger partial charge >= 0.3 is 0 Å². The number of thioether (sulfide) groups is 1. The lowest BCUT2D eigenvalue weighted by Gasteiger charge is -2.44. The summed E-state index contributed by atoms with van der Waals surface area (Å²) in [5.41, 5.74) is 8.50. The molecule has 0 radical (unpaired) electrons. The Morgan fingerprint density at radius 3 is 2.35 bits per heavy atom. The van der Waals surface area contributed by atoms with Gasteiger partial charge in [-0.3, -0.25) is 34.2 Å². The quantitative estimate of drug-likeness (QED) is 0.0356. The molecular formula is C48H55Cl2FN8O9S. The molecule has 3 aliphatic heterocycles. The van der Waals surface area contributed by atoms with Gasteiger partial charge in [0, 0.05) is 95.4 Å². The lowest BCUT2D eigenvalue weighted by Crippen LogP contribution is -2.58. The number of piperazine rings is 1. The fraction of sp³-hybridized carbons (Fsp3) is 0.438. The Morgan fingerprint density at radius 1 is 0.942 bits per heavy atom. The van der Waals surface area contributed by atoms with Crippen molar-refractivity contribution in [3.63, 3.8) is 0 Å². The number of rotatable bonds is 21. The van der Waals surface area contributed by atoms with E-state index in [-0.39, 0.29) is 69.1 Å². The summed E-state index contributed by atoms with van der Waals surface area (Å²) in [5, 5.41) is 12.8. The average Bonchev–Trinajstić information content (AvgIpc) is 3.66. The second kappa shape index (κ2) is 23.9. The van der Waals surface area contributed by atoms with Crippen LogP contribution in [0, 0.1) is 5.82 Å². The number of carbonyl (C=O) groups excluding carboxylic acids is 5. The van der Waals surface area contributed by atoms with E-state index in [1.165, 1.54) is 12.1 Å². The summed E-state index contributed by atoms with van der Waals surface area (Å²) >= 11 is 14.0. The molecule has 0 aliphatic carbocycles. The lowest BCUT2D eigenvalue weighted by atomic mass is 10.0. The molecule has 4 atom stereocenters. The van der Waals surface area contributed by atoms with Crippen LogP contribution in [0.2, 0.25) is 10.0 Å². The van der Waals surface area contributed by atoms with Gasteiger partial charge in [0.25, 0.3) is 17.7 Å². The molecule has 4 aromatic rings. The van der Waals surface area contributed by atoms with E-state index in [4.69, 9.17) is 47.9 Å². The average molecular weight is 1010 g/mol. The highest BCUT2D eigenvalue weighted by Crippen LogP contribution is 2.37. The van der Waals surface area contributed by atoms with Crippen molar-refractivity contribution in [2.24, 2.45) is 0 Å². The summed E-state index contributed by atoms with van der Waals surface area (Å²) in [4.78, 5) is 70.6. The van der Waals surface area contributed by atoms with E-state index in [1.54, 1.807) is 53.9 Å². The number of carbonyl (C=O) groups is 5. The third-order valence-electron chi connectivity index (χ3n) is 12.1. The summed E-state index contributed by atoms with van der Waals surface area (Å²) in [6.45, 7) is 11.0. The van der Waals surface area contributed by atoms with Crippen molar-refractivity contribution in [2.45, 2.75) is 75.7 Å². The van der Waals surface area contributed by atoms with Crippen LogP contribution < -0.4 is 21.1 Å². The molecule has 21 heteroatoms. The third-order valence-corrected chi connectivity index (χ3v) is 13.8. The second-order valence-electron chi connectivity index (χ2n) is 16.9. The first-order valence-corrected chi connectivity index (χ1v) is 24.5. The summed E-state index contributed by atoms with van der Waals surface area (Å²) in [5.74, 6) is -1.65. The Balaban J connectivity index is 0.745. The molecule has 2 saturated heterocycles. The largest absolute Gasteiger partial charge is 0.482 e. The number of anilines is 2. The van der Waals surface area contributed by atoms with Gasteiger partial charge in [-0.1, -0.05) is 29.3 Å². The SMILES string of the molecule is C[C@@H]1CN(C(=O)c2ccc(NC(=O)c3cc(O[C@H](C)c4c(Cl)ccc(F)c4Cl)c(N)nn3)cc2)C[C@H](C)N1CCCOCCOCCOCCSc1cccc2c1CN(C1CCC(=O)NC1=O)C2=O. The topological polar surface area (TPSA) is 208 Å². The number of nitrogens with one attached hydrogen (secondary N) is 2. The van der Waals surface area contributed by atoms with Gasteiger partial charge in [0.15, 0.2) is 17.3 Å². The number of nitrogens with two attached hydrogens (primary N) is 1. The fourth-order valence-corrected chi connectivity index (χ4v) is 10.2. The van der Waals surface area contributed by atoms with Crippen LogP contribution in [0.1, 0.15) is 88.5 Å². The molecule has 17 nitrogen and oxygen atoms in total. The molecule has 7 rings (SSSR count). The number of hydrogen-bond donors (Lipinski definition) is 3. The van der Waals surface area contributed by atoms with E-state index in [0.29, 0.717) is 88.3 Å². The van der Waals surface area contributed by atoms with Crippen LogP contribution in [0.3, 0.4) is 0 Å². The number of halogens is 3. The second-order valence-corrected chi connectivity index (χ2v) is 18.8. The highest BCUT2D eigenvalue weighted by atomic mass is 35.5. The summed E-state index contributed by atoms with van der Waals surface area (Å²) in [7, 11) is 0. The van der Waals surface area contributed by atoms with Crippen molar-refractivity contribution >= 4 is 76.0 Å². The van der Waals surface area contributed by atoms with Crippen molar-refractivity contribution in [3.05, 3.63) is 104 Å². The zero-order chi connectivity index (χ0) is 49.2. The van der Waals surface area contributed by atoms with Gasteiger partial charge in [0.05, 0.1) is 38.1 Å². The molecule has 0 saturated carbocycles. The first-order valence-electron chi connectivity index (χ1n) is 22.7. The minimum Gasteiger partial charge on any atom is -0.482 e. The minimum absolute atomic E-state index is 0.0285. The minimum atomic E-state index is -0.839. The molecule has 0 spiro atoms. The number of imide groups is 1. The zero-order valence-electron chi connectivity index (χ0n) is 38.5. The maximum Gasteiger partial charge on any atom is 0.276 e. The number of nitrogen functional groups attached to an aromatic ring is 1. The Kier molecular flexibility index (Phi) is 17.8. The van der Waals surface area contributed by atoms with Crippen LogP contribution in [-0.2, 0) is 30.3 Å². The van der Waals surface area contributed by atoms with E-state index in [9.17, 15) is 28.4 Å². The van der Waals surface area contributed by atoms with Gasteiger partial charge in [0.2, 0.25) is 11.8 Å². The highest BCUT2D eigenvalue weighted by Gasteiger charge is 2.40. The Hall–Kier alpha value is -5.41. The Morgan fingerprint density at radius 2 is 1.64 bits per heavy atom. The first-order chi connectivity index (χ1) is 33.2. The van der Waals surface area contributed by atoms with Gasteiger partial charge in [-0.15, -0.1) is 22.0 Å². The van der Waals surface area contributed by atoms with Crippen LogP contribution in [0.25, 0.3) is 0 Å². The number of ether oxygens (including phenoxy) is 4. The van der Waals surface area contributed by atoms with E-state index in [2.05, 4.69) is 39.6 Å². The molecule has 4 N–H and O–H groups in total. The van der Waals surface area contributed by atoms with E-state index in [1.807, 2.05) is 17.0 Å². The number of piperidine rings is 1. The third kappa shape index (κ3) is 12.9. The van der Waals surface area contributed by atoms with Crippen LogP contribution in [0.4, 0.5) is 15.9 Å². The van der Waals surface area contributed by atoms with Crippen molar-refractivity contribution in [1.82, 2.24) is 30.2 Å². The molecule has 4 heterocycles. The molecule has 2 fully saturated rings. The predicted molar refractivity (Wildman–Crippen MR) is 258 cm³/mol. The number of aromatic nitrogens is 2. The van der Waals surface area contributed by atoms with Crippen molar-refractivity contribution in [1.29, 1.82) is 0 Å². The van der Waals surface area contributed by atoms with Gasteiger partial charge in [-0.25, -0.2) is 4.39 Å². The molecule has 368 valence electrons. The smallest absolute Gasteiger partial charge is 0.276 e. The van der Waals surface area contributed by atoms with E-state index >= 15 is 0 Å². The molecule has 5 amide bonds. The molecule has 69 heavy (non-hydrogen) atoms. The monoisotopic (exact) mass is 1010 g/mol. The Labute approximate surface area is 413 Å². The first kappa shape index (κ1) is 51.4. The number of nitrogens with zero attached hydrogens (tertiary/aromatic N) is 5. The van der Waals surface area contributed by atoms with Crippen molar-refractivity contribution < 1.29 is 47.3 Å². The van der Waals surface area contributed by atoms with Crippen molar-refractivity contribution in [3.8, 4) is 5.75 Å². The predicted octanol–water partition coefficient (Wildman–Crippen LogP) is 6.43.